The Labute approximate surface area is 120 Å². The first-order valence-corrected chi connectivity index (χ1v) is 7.27. The van der Waals surface area contributed by atoms with Crippen molar-refractivity contribution >= 4 is 11.9 Å². The molecule has 1 aliphatic heterocycles. The molecular weight excluding hydrogens is 254 g/mol. The number of nitrogens with two attached hydrogens (primary N) is 1. The van der Waals surface area contributed by atoms with Gasteiger partial charge in [-0.25, -0.2) is 9.97 Å². The first-order chi connectivity index (χ1) is 9.72. The molecule has 6 nitrogen and oxygen atoms in total. The van der Waals surface area contributed by atoms with Gasteiger partial charge in [0.05, 0.1) is 6.04 Å². The lowest BCUT2D eigenvalue weighted by Gasteiger charge is -2.38. The highest BCUT2D eigenvalue weighted by atomic mass is 16.1. The van der Waals surface area contributed by atoms with Crippen molar-refractivity contribution in [2.24, 2.45) is 5.73 Å². The van der Waals surface area contributed by atoms with Crippen LogP contribution in [0.1, 0.15) is 26.2 Å². The predicted molar refractivity (Wildman–Crippen MR) is 78.3 cm³/mol. The van der Waals surface area contributed by atoms with Crippen molar-refractivity contribution in [2.75, 3.05) is 31.1 Å². The van der Waals surface area contributed by atoms with Crippen LogP contribution in [0.3, 0.4) is 0 Å². The van der Waals surface area contributed by atoms with E-state index in [1.165, 1.54) is 0 Å². The van der Waals surface area contributed by atoms with Crippen LogP contribution in [0.4, 0.5) is 5.95 Å². The lowest BCUT2D eigenvalue weighted by atomic mass is 10.1. The number of aromatic nitrogens is 2. The molecule has 0 spiro atoms. The predicted octanol–water partition coefficient (Wildman–Crippen LogP) is 0.643. The number of primary amides is 1. The molecule has 20 heavy (non-hydrogen) atoms. The molecule has 0 saturated carbocycles. The summed E-state index contributed by atoms with van der Waals surface area (Å²) in [5, 5.41) is 0. The number of piperazine rings is 1. The average molecular weight is 277 g/mol. The first kappa shape index (κ1) is 14.7. The highest BCUT2D eigenvalue weighted by molar-refractivity contribution is 5.79. The standard InChI is InChI=1S/C14H23N5O/c1-2-3-5-12(13(15)20)18-8-10-19(11-9-18)14-16-6-4-7-17-14/h4,6-7,12H,2-3,5,8-11H2,1H3,(H2,15,20). The van der Waals surface area contributed by atoms with Crippen molar-refractivity contribution in [2.45, 2.75) is 32.2 Å². The van der Waals surface area contributed by atoms with E-state index in [1.54, 1.807) is 12.4 Å². The Morgan fingerprint density at radius 3 is 2.50 bits per heavy atom. The molecule has 1 unspecified atom stereocenters. The fourth-order valence-electron chi connectivity index (χ4n) is 2.59. The van der Waals surface area contributed by atoms with Crippen molar-refractivity contribution in [3.05, 3.63) is 18.5 Å². The Hall–Kier alpha value is -1.69. The second kappa shape index (κ2) is 7.19. The minimum absolute atomic E-state index is 0.131. The molecule has 1 fully saturated rings. The SMILES string of the molecule is CCCCC(C(N)=O)N1CCN(c2ncccn2)CC1. The molecule has 0 bridgehead atoms. The van der Waals surface area contributed by atoms with Crippen LogP contribution < -0.4 is 10.6 Å². The van der Waals surface area contributed by atoms with Gasteiger partial charge in [0.25, 0.3) is 0 Å². The van der Waals surface area contributed by atoms with E-state index in [0.29, 0.717) is 0 Å². The van der Waals surface area contributed by atoms with Gasteiger partial charge in [0.2, 0.25) is 11.9 Å². The average Bonchev–Trinajstić information content (AvgIpc) is 2.49. The Balaban J connectivity index is 1.91. The Morgan fingerprint density at radius 1 is 1.30 bits per heavy atom. The van der Waals surface area contributed by atoms with Crippen LogP contribution in [0.5, 0.6) is 0 Å². The van der Waals surface area contributed by atoms with Crippen LogP contribution in [0.15, 0.2) is 18.5 Å². The molecule has 110 valence electrons. The monoisotopic (exact) mass is 277 g/mol. The van der Waals surface area contributed by atoms with Crippen LogP contribution >= 0.6 is 0 Å². The molecule has 1 aromatic heterocycles. The van der Waals surface area contributed by atoms with Gasteiger partial charge in [-0.15, -0.1) is 0 Å². The highest BCUT2D eigenvalue weighted by Gasteiger charge is 2.27. The third-order valence-corrected chi connectivity index (χ3v) is 3.75. The Bertz CT molecular complexity index is 417. The summed E-state index contributed by atoms with van der Waals surface area (Å²) in [5.74, 6) is 0.555. The fraction of sp³-hybridized carbons (Fsp3) is 0.643. The number of unbranched alkanes of at least 4 members (excludes halogenated alkanes) is 1. The normalized spacial score (nSPS) is 17.9. The molecule has 0 aliphatic carbocycles. The molecule has 2 heterocycles. The molecule has 1 atom stereocenters. The molecule has 1 saturated heterocycles. The van der Waals surface area contributed by atoms with Gasteiger partial charge in [0.1, 0.15) is 0 Å². The third-order valence-electron chi connectivity index (χ3n) is 3.75. The molecule has 1 aliphatic rings. The maximum Gasteiger partial charge on any atom is 0.234 e. The topological polar surface area (TPSA) is 75.4 Å². The maximum absolute atomic E-state index is 11.6. The van der Waals surface area contributed by atoms with Crippen molar-refractivity contribution in [1.29, 1.82) is 0 Å². The van der Waals surface area contributed by atoms with E-state index < -0.39 is 0 Å². The largest absolute Gasteiger partial charge is 0.368 e. The van der Waals surface area contributed by atoms with Gasteiger partial charge in [-0.1, -0.05) is 19.8 Å². The van der Waals surface area contributed by atoms with E-state index >= 15 is 0 Å². The van der Waals surface area contributed by atoms with E-state index in [0.717, 1.165) is 51.4 Å². The smallest absolute Gasteiger partial charge is 0.234 e. The van der Waals surface area contributed by atoms with Crippen LogP contribution in [-0.4, -0.2) is 53.0 Å². The maximum atomic E-state index is 11.6. The zero-order chi connectivity index (χ0) is 14.4. The van der Waals surface area contributed by atoms with Gasteiger partial charge in [-0.2, -0.15) is 0 Å². The van der Waals surface area contributed by atoms with Crippen molar-refractivity contribution in [3.8, 4) is 0 Å². The van der Waals surface area contributed by atoms with Gasteiger partial charge in [0, 0.05) is 38.6 Å². The van der Waals surface area contributed by atoms with Gasteiger partial charge >= 0.3 is 0 Å². The second-order valence-electron chi connectivity index (χ2n) is 5.13. The quantitative estimate of drug-likeness (QED) is 0.826. The van der Waals surface area contributed by atoms with Gasteiger partial charge < -0.3 is 10.6 Å². The van der Waals surface area contributed by atoms with E-state index in [2.05, 4.69) is 26.7 Å². The minimum atomic E-state index is -0.206. The molecular formula is C14H23N5O. The molecule has 6 heteroatoms. The van der Waals surface area contributed by atoms with Gasteiger partial charge in [-0.3, -0.25) is 9.69 Å². The number of carbonyl (C=O) groups is 1. The summed E-state index contributed by atoms with van der Waals surface area (Å²) >= 11 is 0. The summed E-state index contributed by atoms with van der Waals surface area (Å²) in [7, 11) is 0. The summed E-state index contributed by atoms with van der Waals surface area (Å²) in [4.78, 5) is 24.5. The van der Waals surface area contributed by atoms with Crippen molar-refractivity contribution in [1.82, 2.24) is 14.9 Å². The van der Waals surface area contributed by atoms with Crippen molar-refractivity contribution in [3.63, 3.8) is 0 Å². The summed E-state index contributed by atoms with van der Waals surface area (Å²) in [6.45, 7) is 5.45. The van der Waals surface area contributed by atoms with E-state index in [4.69, 9.17) is 5.73 Å². The number of hydrogen-bond donors (Lipinski definition) is 1. The van der Waals surface area contributed by atoms with Crippen molar-refractivity contribution < 1.29 is 4.79 Å². The zero-order valence-corrected chi connectivity index (χ0v) is 12.0. The number of nitrogens with zero attached hydrogens (tertiary/aromatic N) is 4. The van der Waals surface area contributed by atoms with Crippen LogP contribution in [0.25, 0.3) is 0 Å². The van der Waals surface area contributed by atoms with Crippen LogP contribution in [-0.2, 0) is 4.79 Å². The fourth-order valence-corrected chi connectivity index (χ4v) is 2.59. The number of anilines is 1. The Kier molecular flexibility index (Phi) is 5.29. The second-order valence-corrected chi connectivity index (χ2v) is 5.13. The van der Waals surface area contributed by atoms with E-state index in [-0.39, 0.29) is 11.9 Å². The summed E-state index contributed by atoms with van der Waals surface area (Å²) in [6, 6.07) is 1.68. The molecule has 0 aromatic carbocycles. The molecule has 2 rings (SSSR count). The number of hydrogen-bond acceptors (Lipinski definition) is 5. The number of rotatable bonds is 6. The van der Waals surface area contributed by atoms with Gasteiger partial charge in [-0.05, 0) is 12.5 Å². The minimum Gasteiger partial charge on any atom is -0.368 e. The summed E-state index contributed by atoms with van der Waals surface area (Å²) in [6.07, 6.45) is 6.48. The lowest BCUT2D eigenvalue weighted by Crippen LogP contribution is -2.54. The van der Waals surface area contributed by atoms with E-state index in [1.807, 2.05) is 6.07 Å². The Morgan fingerprint density at radius 2 is 1.95 bits per heavy atom. The number of amides is 1. The summed E-state index contributed by atoms with van der Waals surface area (Å²) < 4.78 is 0. The molecule has 0 radical (unpaired) electrons. The zero-order valence-electron chi connectivity index (χ0n) is 12.0. The first-order valence-electron chi connectivity index (χ1n) is 7.27. The molecule has 2 N–H and O–H groups in total. The van der Waals surface area contributed by atoms with E-state index in [9.17, 15) is 4.79 Å². The summed E-state index contributed by atoms with van der Waals surface area (Å²) in [5.41, 5.74) is 5.54. The van der Waals surface area contributed by atoms with Crippen LogP contribution in [0, 0.1) is 0 Å². The third kappa shape index (κ3) is 3.66. The molecule has 1 aromatic rings. The van der Waals surface area contributed by atoms with Crippen LogP contribution in [0.2, 0.25) is 0 Å². The lowest BCUT2D eigenvalue weighted by molar-refractivity contribution is -0.123. The molecule has 1 amide bonds. The highest BCUT2D eigenvalue weighted by Crippen LogP contribution is 2.14. The van der Waals surface area contributed by atoms with Gasteiger partial charge in [0.15, 0.2) is 0 Å². The number of carbonyl (C=O) groups excluding carboxylic acids is 1.